The van der Waals surface area contributed by atoms with Crippen LogP contribution in [0.4, 0.5) is 0 Å². The van der Waals surface area contributed by atoms with Gasteiger partial charge in [0.05, 0.1) is 23.6 Å². The van der Waals surface area contributed by atoms with Gasteiger partial charge >= 0.3 is 10.4 Å². The highest BCUT2D eigenvalue weighted by Crippen LogP contribution is 2.12. The van der Waals surface area contributed by atoms with Crippen LogP contribution in [0, 0.1) is 0 Å². The van der Waals surface area contributed by atoms with E-state index in [1.54, 1.807) is 19.6 Å². The van der Waals surface area contributed by atoms with Crippen molar-refractivity contribution in [1.29, 1.82) is 0 Å². The Balaban J connectivity index is 4.42. The van der Waals surface area contributed by atoms with E-state index >= 15 is 0 Å². The van der Waals surface area contributed by atoms with Gasteiger partial charge < -0.3 is 4.55 Å². The summed E-state index contributed by atoms with van der Waals surface area (Å²) in [5, 5.41) is 0. The summed E-state index contributed by atoms with van der Waals surface area (Å²) < 4.78 is 57.6. The molecule has 0 radical (unpaired) electrons. The zero-order valence-electron chi connectivity index (χ0n) is 11.5. The highest BCUT2D eigenvalue weighted by Gasteiger charge is 2.26. The zero-order valence-corrected chi connectivity index (χ0v) is 14.1. The van der Waals surface area contributed by atoms with E-state index in [4.69, 9.17) is 8.06 Å². The molecular weight excluding hydrogens is 312 g/mol. The van der Waals surface area contributed by atoms with Gasteiger partial charge in [0.1, 0.15) is 0 Å². The second-order valence-electron chi connectivity index (χ2n) is 4.80. The lowest BCUT2D eigenvalue weighted by Gasteiger charge is -2.18. The summed E-state index contributed by atoms with van der Waals surface area (Å²) in [4.78, 5) is 0. The summed E-state index contributed by atoms with van der Waals surface area (Å²) in [5.41, 5.74) is 0. The molecule has 0 bridgehead atoms. The predicted molar refractivity (Wildman–Crippen MR) is 72.5 cm³/mol. The lowest BCUT2D eigenvalue weighted by molar-refractivity contribution is 0.231. The average Bonchev–Trinajstić information content (AvgIpc) is 2.08. The van der Waals surface area contributed by atoms with E-state index in [2.05, 4.69) is 4.18 Å². The van der Waals surface area contributed by atoms with Crippen molar-refractivity contribution in [3.63, 3.8) is 0 Å². The SMILES string of the molecule is CC(/C=C/C(C)OS(=O)(=O)O[Si](C)(C)C)OS(=O)[O-]. The van der Waals surface area contributed by atoms with E-state index < -0.39 is 42.3 Å². The summed E-state index contributed by atoms with van der Waals surface area (Å²) in [6, 6.07) is 0. The molecule has 0 amide bonds. The Morgan fingerprint density at radius 2 is 1.63 bits per heavy atom. The molecule has 3 atom stereocenters. The quantitative estimate of drug-likeness (QED) is 0.374. The fraction of sp³-hybridized carbons (Fsp3) is 0.778. The molecule has 10 heteroatoms. The van der Waals surface area contributed by atoms with Crippen LogP contribution in [-0.2, 0) is 34.0 Å². The molecule has 3 unspecified atom stereocenters. The van der Waals surface area contributed by atoms with Crippen LogP contribution in [0.5, 0.6) is 0 Å². The van der Waals surface area contributed by atoms with Crippen molar-refractivity contribution >= 4 is 30.1 Å². The van der Waals surface area contributed by atoms with E-state index in [0.29, 0.717) is 0 Å². The molecule has 7 nitrogen and oxygen atoms in total. The van der Waals surface area contributed by atoms with Crippen LogP contribution >= 0.6 is 0 Å². The molecule has 0 aliphatic rings. The summed E-state index contributed by atoms with van der Waals surface area (Å²) >= 11 is -2.62. The largest absolute Gasteiger partial charge is 0.750 e. The van der Waals surface area contributed by atoms with Gasteiger partial charge in [0.15, 0.2) is 0 Å². The molecule has 0 aromatic heterocycles. The van der Waals surface area contributed by atoms with Crippen molar-refractivity contribution in [2.75, 3.05) is 0 Å². The first-order valence-corrected chi connectivity index (χ1v) is 11.2. The fourth-order valence-corrected chi connectivity index (χ4v) is 4.37. The Hall–Kier alpha value is -0.103. The second kappa shape index (κ2) is 7.62. The minimum absolute atomic E-state index is 0.704. The highest BCUT2D eigenvalue weighted by atomic mass is 32.3. The molecule has 0 spiro atoms. The summed E-state index contributed by atoms with van der Waals surface area (Å²) in [6.45, 7) is 8.13. The maximum absolute atomic E-state index is 11.5. The summed E-state index contributed by atoms with van der Waals surface area (Å²) in [7, 11) is -6.33. The third kappa shape index (κ3) is 11.4. The molecule has 0 heterocycles. The number of rotatable bonds is 8. The number of hydrogen-bond acceptors (Lipinski definition) is 7. The van der Waals surface area contributed by atoms with Gasteiger partial charge in [-0.15, -0.1) is 0 Å². The maximum Gasteiger partial charge on any atom is 0.390 e. The molecule has 0 aliphatic heterocycles. The Morgan fingerprint density at radius 1 is 1.16 bits per heavy atom. The summed E-state index contributed by atoms with van der Waals surface area (Å²) in [6.07, 6.45) is 1.27. The highest BCUT2D eigenvalue weighted by molar-refractivity contribution is 7.83. The first-order valence-electron chi connectivity index (χ1n) is 5.50. The average molecular weight is 331 g/mol. The zero-order chi connectivity index (χ0) is 15.3. The van der Waals surface area contributed by atoms with Gasteiger partial charge in [-0.2, -0.15) is 8.42 Å². The van der Waals surface area contributed by atoms with Crippen molar-refractivity contribution in [1.82, 2.24) is 0 Å². The summed E-state index contributed by atoms with van der Waals surface area (Å²) in [5.74, 6) is 0. The first kappa shape index (κ1) is 18.9. The van der Waals surface area contributed by atoms with Crippen LogP contribution in [0.2, 0.25) is 19.6 Å². The van der Waals surface area contributed by atoms with Gasteiger partial charge in [0.25, 0.3) is 0 Å². The van der Waals surface area contributed by atoms with Gasteiger partial charge in [0.2, 0.25) is 8.32 Å². The van der Waals surface area contributed by atoms with E-state index in [1.807, 2.05) is 0 Å². The van der Waals surface area contributed by atoms with E-state index in [-0.39, 0.29) is 0 Å². The monoisotopic (exact) mass is 331 g/mol. The van der Waals surface area contributed by atoms with Crippen LogP contribution in [0.3, 0.4) is 0 Å². The van der Waals surface area contributed by atoms with Crippen LogP contribution in [0.15, 0.2) is 12.2 Å². The van der Waals surface area contributed by atoms with Crippen molar-refractivity contribution in [2.45, 2.75) is 45.7 Å². The normalized spacial score (nSPS) is 18.4. The van der Waals surface area contributed by atoms with Crippen molar-refractivity contribution in [3.8, 4) is 0 Å². The van der Waals surface area contributed by atoms with Crippen molar-refractivity contribution in [3.05, 3.63) is 12.2 Å². The predicted octanol–water partition coefficient (Wildman–Crippen LogP) is 1.24. The second-order valence-corrected chi connectivity index (χ2v) is 11.3. The standard InChI is InChI=1S/C9H20O7S2Si/c1-8(14-17(10)11)6-7-9(2)15-18(12,13)16-19(3,4)5/h6-9H,1-5H3,(H,10,11)/p-1/b7-6+. The van der Waals surface area contributed by atoms with Crippen molar-refractivity contribution in [2.24, 2.45) is 0 Å². The van der Waals surface area contributed by atoms with Gasteiger partial charge in [-0.1, -0.05) is 12.2 Å². The number of hydrogen-bond donors (Lipinski definition) is 0. The van der Waals surface area contributed by atoms with Gasteiger partial charge in [-0.25, -0.2) is 8.39 Å². The molecule has 0 aliphatic carbocycles. The fourth-order valence-electron chi connectivity index (χ4n) is 1.01. The Kier molecular flexibility index (Phi) is 7.58. The third-order valence-corrected chi connectivity index (χ3v) is 5.32. The third-order valence-electron chi connectivity index (χ3n) is 1.51. The van der Waals surface area contributed by atoms with Gasteiger partial charge in [-0.3, -0.25) is 8.06 Å². The lowest BCUT2D eigenvalue weighted by Crippen LogP contribution is -2.31. The topological polar surface area (TPSA) is 102 Å². The first-order chi connectivity index (χ1) is 8.41. The molecule has 0 fully saturated rings. The van der Waals surface area contributed by atoms with Crippen LogP contribution in [0.1, 0.15) is 13.8 Å². The minimum Gasteiger partial charge on any atom is -0.750 e. The van der Waals surface area contributed by atoms with Crippen molar-refractivity contribution < 1.29 is 29.4 Å². The molecule has 19 heavy (non-hydrogen) atoms. The minimum atomic E-state index is -4.06. The molecule has 0 rings (SSSR count). The van der Waals surface area contributed by atoms with Crippen LogP contribution in [0.25, 0.3) is 0 Å². The molecule has 0 N–H and O–H groups in total. The van der Waals surface area contributed by atoms with Crippen LogP contribution < -0.4 is 0 Å². The maximum atomic E-state index is 11.5. The van der Waals surface area contributed by atoms with E-state index in [9.17, 15) is 17.2 Å². The Labute approximate surface area is 117 Å². The Bertz CT molecular complexity index is 426. The van der Waals surface area contributed by atoms with E-state index in [1.165, 1.54) is 26.0 Å². The lowest BCUT2D eigenvalue weighted by atomic mass is 10.3. The molecule has 114 valence electrons. The van der Waals surface area contributed by atoms with E-state index in [0.717, 1.165) is 0 Å². The molecule has 0 aromatic carbocycles. The molecule has 0 saturated carbocycles. The molecule has 0 saturated heterocycles. The molecule has 0 aromatic rings. The molecular formula is C9H19O7S2Si-. The van der Waals surface area contributed by atoms with Gasteiger partial charge in [0, 0.05) is 0 Å². The van der Waals surface area contributed by atoms with Gasteiger partial charge in [-0.05, 0) is 33.5 Å². The van der Waals surface area contributed by atoms with Crippen LogP contribution in [-0.4, -0.2) is 37.7 Å². The smallest absolute Gasteiger partial charge is 0.390 e. The Morgan fingerprint density at radius 3 is 2.05 bits per heavy atom.